The van der Waals surface area contributed by atoms with Crippen LogP contribution in [-0.2, 0) is 0 Å². The fourth-order valence-corrected chi connectivity index (χ4v) is 2.60. The molecule has 0 aliphatic rings. The second-order valence-electron chi connectivity index (χ2n) is 4.86. The first-order valence-electron chi connectivity index (χ1n) is 9.87. The van der Waals surface area contributed by atoms with Gasteiger partial charge in [0.25, 0.3) is 0 Å². The summed E-state index contributed by atoms with van der Waals surface area (Å²) < 4.78 is 1.93. The number of benzene rings is 1. The van der Waals surface area contributed by atoms with E-state index in [1.54, 1.807) is 0 Å². The molecule has 3 heterocycles. The van der Waals surface area contributed by atoms with Crippen LogP contribution in [0.25, 0.3) is 27.9 Å². The molecule has 142 valence electrons. The molecule has 0 bridgehead atoms. The quantitative estimate of drug-likeness (QED) is 0.380. The van der Waals surface area contributed by atoms with Gasteiger partial charge in [-0.1, -0.05) is 77.9 Å². The van der Waals surface area contributed by atoms with Gasteiger partial charge >= 0.3 is 0 Å². The van der Waals surface area contributed by atoms with E-state index in [1.807, 2.05) is 107 Å². The van der Waals surface area contributed by atoms with Crippen molar-refractivity contribution in [3.05, 3.63) is 79.3 Å². The summed E-state index contributed by atoms with van der Waals surface area (Å²) in [6.45, 7) is 12.0. The molecule has 3 aromatic heterocycles. The Labute approximate surface area is 163 Å². The first-order valence-corrected chi connectivity index (χ1v) is 9.87. The van der Waals surface area contributed by atoms with Gasteiger partial charge in [0.05, 0.1) is 5.52 Å². The van der Waals surface area contributed by atoms with E-state index in [-0.39, 0.29) is 0 Å². The van der Waals surface area contributed by atoms with Gasteiger partial charge < -0.3 is 0 Å². The summed E-state index contributed by atoms with van der Waals surface area (Å²) in [6, 6.07) is 20.4. The van der Waals surface area contributed by atoms with Crippen LogP contribution in [0.4, 0.5) is 0 Å². The maximum Gasteiger partial charge on any atom is 0.101 e. The Hall–Kier alpha value is -2.94. The molecule has 0 saturated carbocycles. The van der Waals surface area contributed by atoms with Crippen LogP contribution in [0.5, 0.6) is 0 Å². The van der Waals surface area contributed by atoms with Gasteiger partial charge in [0.1, 0.15) is 5.69 Å². The van der Waals surface area contributed by atoms with E-state index in [0.717, 1.165) is 27.9 Å². The van der Waals surface area contributed by atoms with Gasteiger partial charge in [0.15, 0.2) is 0 Å². The lowest BCUT2D eigenvalue weighted by molar-refractivity contribution is 0.966. The maximum absolute atomic E-state index is 4.76. The van der Waals surface area contributed by atoms with Gasteiger partial charge in [-0.2, -0.15) is 5.10 Å². The topological polar surface area (TPSA) is 30.2 Å². The van der Waals surface area contributed by atoms with Crippen LogP contribution in [0.3, 0.4) is 0 Å². The van der Waals surface area contributed by atoms with Gasteiger partial charge in [-0.25, -0.2) is 4.52 Å². The number of nitrogens with zero attached hydrogens (tertiary/aromatic N) is 3. The maximum atomic E-state index is 4.76. The van der Waals surface area contributed by atoms with Crippen LogP contribution in [-0.4, -0.2) is 14.6 Å². The van der Waals surface area contributed by atoms with E-state index in [2.05, 4.69) is 23.2 Å². The number of rotatable bonds is 2. The zero-order valence-electron chi connectivity index (χ0n) is 17.3. The van der Waals surface area contributed by atoms with Gasteiger partial charge in [-0.05, 0) is 29.8 Å². The summed E-state index contributed by atoms with van der Waals surface area (Å²) in [7, 11) is 0. The predicted molar refractivity (Wildman–Crippen MR) is 118 cm³/mol. The van der Waals surface area contributed by atoms with Gasteiger partial charge in [-0.3, -0.25) is 4.98 Å². The van der Waals surface area contributed by atoms with Crippen molar-refractivity contribution in [2.45, 2.75) is 41.5 Å². The lowest BCUT2D eigenvalue weighted by atomic mass is 10.0. The molecular formula is C24H31N3. The number of pyridine rings is 2. The lowest BCUT2D eigenvalue weighted by Gasteiger charge is -2.03. The van der Waals surface area contributed by atoms with Gasteiger partial charge in [-0.15, -0.1) is 0 Å². The Morgan fingerprint density at radius 1 is 0.630 bits per heavy atom. The Kier molecular flexibility index (Phi) is 10.2. The summed E-state index contributed by atoms with van der Waals surface area (Å²) in [4.78, 5) is 4.11. The second-order valence-corrected chi connectivity index (χ2v) is 4.86. The van der Waals surface area contributed by atoms with Crippen molar-refractivity contribution in [1.82, 2.24) is 14.6 Å². The van der Waals surface area contributed by atoms with E-state index < -0.39 is 0 Å². The molecule has 0 aliphatic carbocycles. The highest BCUT2D eigenvalue weighted by Gasteiger charge is 2.15. The van der Waals surface area contributed by atoms with Crippen LogP contribution in [0.15, 0.2) is 79.3 Å². The third-order valence-electron chi connectivity index (χ3n) is 3.56. The molecule has 27 heavy (non-hydrogen) atoms. The predicted octanol–water partition coefficient (Wildman–Crippen LogP) is 7.14. The Morgan fingerprint density at radius 2 is 1.22 bits per heavy atom. The first-order chi connectivity index (χ1) is 13.4. The molecule has 0 radical (unpaired) electrons. The minimum atomic E-state index is 0.994. The van der Waals surface area contributed by atoms with E-state index >= 15 is 0 Å². The number of hydrogen-bond donors (Lipinski definition) is 0. The Balaban J connectivity index is 0.000000556. The van der Waals surface area contributed by atoms with Crippen molar-refractivity contribution < 1.29 is 0 Å². The lowest BCUT2D eigenvalue weighted by Crippen LogP contribution is -1.84. The van der Waals surface area contributed by atoms with Crippen LogP contribution < -0.4 is 0 Å². The monoisotopic (exact) mass is 361 g/mol. The molecule has 0 atom stereocenters. The molecule has 0 saturated heterocycles. The van der Waals surface area contributed by atoms with Crippen molar-refractivity contribution >= 4 is 5.52 Å². The van der Waals surface area contributed by atoms with Crippen LogP contribution >= 0.6 is 0 Å². The van der Waals surface area contributed by atoms with Crippen molar-refractivity contribution in [3.8, 4) is 22.4 Å². The Morgan fingerprint density at radius 3 is 1.85 bits per heavy atom. The highest BCUT2D eigenvalue weighted by atomic mass is 15.2. The minimum Gasteiger partial charge on any atom is -0.265 e. The summed E-state index contributed by atoms with van der Waals surface area (Å²) in [5, 5.41) is 4.76. The van der Waals surface area contributed by atoms with E-state index in [0.29, 0.717) is 0 Å². The van der Waals surface area contributed by atoms with Crippen molar-refractivity contribution in [2.75, 3.05) is 0 Å². The second kappa shape index (κ2) is 12.4. The van der Waals surface area contributed by atoms with Crippen LogP contribution in [0.2, 0.25) is 0 Å². The summed E-state index contributed by atoms with van der Waals surface area (Å²) >= 11 is 0. The molecule has 4 rings (SSSR count). The molecule has 3 nitrogen and oxygen atoms in total. The largest absolute Gasteiger partial charge is 0.265 e. The van der Waals surface area contributed by atoms with E-state index in [4.69, 9.17) is 5.10 Å². The Bertz CT molecular complexity index is 881. The molecule has 0 aliphatic heterocycles. The number of fused-ring (bicyclic) bond motifs is 1. The average molecular weight is 362 g/mol. The standard InChI is InChI=1S/C18H13N3.3C2H6/c1-2-6-15(7-3-1)18-17(14-9-11-19-12-10-14)16-8-4-5-13-21(16)20-18;3*1-2/h1-13H;3*1-2H3. The highest BCUT2D eigenvalue weighted by Crippen LogP contribution is 2.34. The molecule has 4 aromatic rings. The first kappa shape index (κ1) is 22.1. The molecule has 0 amide bonds. The zero-order chi connectivity index (χ0) is 20.1. The van der Waals surface area contributed by atoms with E-state index in [9.17, 15) is 0 Å². The smallest absolute Gasteiger partial charge is 0.101 e. The van der Waals surface area contributed by atoms with Crippen molar-refractivity contribution in [1.29, 1.82) is 0 Å². The zero-order valence-corrected chi connectivity index (χ0v) is 17.3. The van der Waals surface area contributed by atoms with E-state index in [1.165, 1.54) is 0 Å². The van der Waals surface area contributed by atoms with Crippen molar-refractivity contribution in [2.24, 2.45) is 0 Å². The van der Waals surface area contributed by atoms with Crippen LogP contribution in [0.1, 0.15) is 41.5 Å². The molecule has 0 fully saturated rings. The summed E-state index contributed by atoms with van der Waals surface area (Å²) in [6.07, 6.45) is 5.61. The fourth-order valence-electron chi connectivity index (χ4n) is 2.60. The minimum absolute atomic E-state index is 0.994. The molecule has 0 N–H and O–H groups in total. The molecule has 1 aromatic carbocycles. The van der Waals surface area contributed by atoms with Crippen molar-refractivity contribution in [3.63, 3.8) is 0 Å². The number of aromatic nitrogens is 3. The highest BCUT2D eigenvalue weighted by molar-refractivity contribution is 5.91. The fraction of sp³-hybridized carbons (Fsp3) is 0.250. The third kappa shape index (κ3) is 5.27. The SMILES string of the molecule is CC.CC.CC.c1ccc(-c2nn3ccccc3c2-c2ccncc2)cc1. The molecule has 0 spiro atoms. The molecular weight excluding hydrogens is 330 g/mol. The summed E-state index contributed by atoms with van der Waals surface area (Å²) in [5.41, 5.74) is 5.48. The van der Waals surface area contributed by atoms with Gasteiger partial charge in [0.2, 0.25) is 0 Å². The third-order valence-corrected chi connectivity index (χ3v) is 3.56. The number of hydrogen-bond acceptors (Lipinski definition) is 2. The van der Waals surface area contributed by atoms with Gasteiger partial charge in [0, 0.05) is 29.7 Å². The average Bonchev–Trinajstić information content (AvgIpc) is 3.19. The normalized spacial score (nSPS) is 9.11. The molecule has 3 heteroatoms. The molecule has 0 unspecified atom stereocenters. The summed E-state index contributed by atoms with van der Waals surface area (Å²) in [5.74, 6) is 0. The van der Waals surface area contributed by atoms with Crippen LogP contribution in [0, 0.1) is 0 Å².